The first kappa shape index (κ1) is 11.9. The van der Waals surface area contributed by atoms with E-state index in [4.69, 9.17) is 0 Å². The molecule has 1 rings (SSSR count). The van der Waals surface area contributed by atoms with Crippen molar-refractivity contribution < 1.29 is 8.78 Å². The fourth-order valence-electron chi connectivity index (χ4n) is 2.26. The van der Waals surface area contributed by atoms with Gasteiger partial charge in [0.2, 0.25) is 0 Å². The molecular weight excluding hydrogens is 184 g/mol. The number of hydrogen-bond acceptors (Lipinski definition) is 1. The van der Waals surface area contributed by atoms with E-state index in [1.54, 1.807) is 6.92 Å². The quantitative estimate of drug-likeness (QED) is 0.743. The van der Waals surface area contributed by atoms with Crippen molar-refractivity contribution in [2.45, 2.75) is 64.5 Å². The van der Waals surface area contributed by atoms with Crippen molar-refractivity contribution in [1.82, 2.24) is 5.32 Å². The fraction of sp³-hybridized carbons (Fsp3) is 1.00. The third-order valence-corrected chi connectivity index (χ3v) is 3.26. The summed E-state index contributed by atoms with van der Waals surface area (Å²) in [5.74, 6) is 0.602. The molecule has 0 spiro atoms. The maximum atomic E-state index is 12.3. The highest BCUT2D eigenvalue weighted by molar-refractivity contribution is 4.78. The highest BCUT2D eigenvalue weighted by atomic mass is 19.3. The molecule has 1 aliphatic rings. The van der Waals surface area contributed by atoms with E-state index in [-0.39, 0.29) is 6.04 Å². The second-order valence-electron chi connectivity index (χ2n) is 4.48. The van der Waals surface area contributed by atoms with Gasteiger partial charge in [0.05, 0.1) is 6.04 Å². The molecule has 2 atom stereocenters. The van der Waals surface area contributed by atoms with Crippen LogP contribution in [0.3, 0.4) is 0 Å². The van der Waals surface area contributed by atoms with Gasteiger partial charge in [-0.2, -0.15) is 0 Å². The Hall–Kier alpha value is -0.180. The standard InChI is InChI=1S/C11H21F2N/c1-8(14-9(2)11(12)13)10-6-4-3-5-7-10/h8-11,14H,3-7H2,1-2H3/t8-,9?/m1/s1. The topological polar surface area (TPSA) is 12.0 Å². The van der Waals surface area contributed by atoms with Crippen molar-refractivity contribution in [2.24, 2.45) is 5.92 Å². The van der Waals surface area contributed by atoms with Gasteiger partial charge in [0.1, 0.15) is 0 Å². The minimum atomic E-state index is -2.25. The molecule has 0 radical (unpaired) electrons. The number of hydrogen-bond donors (Lipinski definition) is 1. The van der Waals surface area contributed by atoms with E-state index in [1.165, 1.54) is 32.1 Å². The first-order chi connectivity index (χ1) is 6.61. The third-order valence-electron chi connectivity index (χ3n) is 3.26. The zero-order valence-corrected chi connectivity index (χ0v) is 9.10. The first-order valence-electron chi connectivity index (χ1n) is 5.65. The zero-order valence-electron chi connectivity index (χ0n) is 9.10. The maximum absolute atomic E-state index is 12.3. The van der Waals surface area contributed by atoms with Crippen molar-refractivity contribution in [3.63, 3.8) is 0 Å². The van der Waals surface area contributed by atoms with Crippen molar-refractivity contribution in [3.8, 4) is 0 Å². The van der Waals surface area contributed by atoms with Gasteiger partial charge in [-0.25, -0.2) is 8.78 Å². The van der Waals surface area contributed by atoms with E-state index in [0.29, 0.717) is 5.92 Å². The minimum Gasteiger partial charge on any atom is -0.306 e. The average Bonchev–Trinajstić information content (AvgIpc) is 2.19. The van der Waals surface area contributed by atoms with Gasteiger partial charge in [-0.1, -0.05) is 19.3 Å². The van der Waals surface area contributed by atoms with Crippen LogP contribution in [0.25, 0.3) is 0 Å². The van der Waals surface area contributed by atoms with Gasteiger partial charge < -0.3 is 5.32 Å². The molecule has 0 amide bonds. The highest BCUT2D eigenvalue weighted by Gasteiger charge is 2.23. The van der Waals surface area contributed by atoms with E-state index in [1.807, 2.05) is 6.92 Å². The van der Waals surface area contributed by atoms with Crippen molar-refractivity contribution in [3.05, 3.63) is 0 Å². The summed E-state index contributed by atoms with van der Waals surface area (Å²) >= 11 is 0. The van der Waals surface area contributed by atoms with Crippen molar-refractivity contribution in [2.75, 3.05) is 0 Å². The van der Waals surface area contributed by atoms with Crippen molar-refractivity contribution in [1.29, 1.82) is 0 Å². The predicted octanol–water partition coefficient (Wildman–Crippen LogP) is 3.20. The Bertz CT molecular complexity index is 155. The molecule has 1 N–H and O–H groups in total. The zero-order chi connectivity index (χ0) is 10.6. The van der Waals surface area contributed by atoms with Crippen LogP contribution in [-0.4, -0.2) is 18.5 Å². The van der Waals surface area contributed by atoms with Crippen LogP contribution in [0.2, 0.25) is 0 Å². The molecule has 0 aliphatic heterocycles. The van der Waals surface area contributed by atoms with Gasteiger partial charge in [-0.05, 0) is 32.6 Å². The Labute approximate surface area is 85.3 Å². The summed E-state index contributed by atoms with van der Waals surface area (Å²) in [6.07, 6.45) is 3.99. The van der Waals surface area contributed by atoms with E-state index in [0.717, 1.165) is 0 Å². The number of halogens is 2. The normalized spacial score (nSPS) is 23.8. The van der Waals surface area contributed by atoms with Crippen LogP contribution in [0.4, 0.5) is 8.78 Å². The lowest BCUT2D eigenvalue weighted by Crippen LogP contribution is -2.43. The highest BCUT2D eigenvalue weighted by Crippen LogP contribution is 2.26. The van der Waals surface area contributed by atoms with Crippen LogP contribution in [0, 0.1) is 5.92 Å². The molecule has 3 heteroatoms. The molecule has 0 bridgehead atoms. The van der Waals surface area contributed by atoms with Crippen LogP contribution in [0.15, 0.2) is 0 Å². The van der Waals surface area contributed by atoms with Crippen LogP contribution < -0.4 is 5.32 Å². The molecule has 84 valence electrons. The van der Waals surface area contributed by atoms with E-state index < -0.39 is 12.5 Å². The molecule has 1 aliphatic carbocycles. The lowest BCUT2D eigenvalue weighted by Gasteiger charge is -2.30. The monoisotopic (exact) mass is 205 g/mol. The average molecular weight is 205 g/mol. The van der Waals surface area contributed by atoms with E-state index in [2.05, 4.69) is 5.32 Å². The Balaban J connectivity index is 2.28. The summed E-state index contributed by atoms with van der Waals surface area (Å²) in [6.45, 7) is 3.60. The first-order valence-corrected chi connectivity index (χ1v) is 5.65. The Morgan fingerprint density at radius 2 is 1.64 bits per heavy atom. The fourth-order valence-corrected chi connectivity index (χ4v) is 2.26. The molecule has 14 heavy (non-hydrogen) atoms. The largest absolute Gasteiger partial charge is 0.306 e. The summed E-state index contributed by atoms with van der Waals surface area (Å²) < 4.78 is 24.6. The summed E-state index contributed by atoms with van der Waals surface area (Å²) in [5, 5.41) is 3.00. The minimum absolute atomic E-state index is 0.235. The van der Waals surface area contributed by atoms with Crippen LogP contribution >= 0.6 is 0 Å². The molecule has 1 saturated carbocycles. The van der Waals surface area contributed by atoms with Crippen LogP contribution in [-0.2, 0) is 0 Å². The van der Waals surface area contributed by atoms with E-state index in [9.17, 15) is 8.78 Å². The third kappa shape index (κ3) is 3.52. The molecule has 1 nitrogen and oxygen atoms in total. The number of nitrogens with one attached hydrogen (secondary N) is 1. The number of alkyl halides is 2. The van der Waals surface area contributed by atoms with Crippen LogP contribution in [0.1, 0.15) is 46.0 Å². The predicted molar refractivity (Wildman–Crippen MR) is 54.6 cm³/mol. The SMILES string of the molecule is CC(N[C@H](C)C1CCCCC1)C(F)F. The van der Waals surface area contributed by atoms with Gasteiger partial charge in [-0.3, -0.25) is 0 Å². The lowest BCUT2D eigenvalue weighted by atomic mass is 9.84. The molecular formula is C11H21F2N. The van der Waals surface area contributed by atoms with Gasteiger partial charge in [0.15, 0.2) is 0 Å². The summed E-state index contributed by atoms with van der Waals surface area (Å²) in [7, 11) is 0. The Kier molecular flexibility index (Phi) is 4.79. The molecule has 0 saturated heterocycles. The molecule has 0 aromatic carbocycles. The van der Waals surface area contributed by atoms with E-state index >= 15 is 0 Å². The summed E-state index contributed by atoms with van der Waals surface area (Å²) in [4.78, 5) is 0. The summed E-state index contributed by atoms with van der Waals surface area (Å²) in [6, 6.07) is -0.439. The number of rotatable bonds is 4. The van der Waals surface area contributed by atoms with Gasteiger partial charge in [-0.15, -0.1) is 0 Å². The molecule has 1 unspecified atom stereocenters. The van der Waals surface area contributed by atoms with Crippen molar-refractivity contribution >= 4 is 0 Å². The molecule has 0 aromatic heterocycles. The molecule has 1 fully saturated rings. The second-order valence-corrected chi connectivity index (χ2v) is 4.48. The lowest BCUT2D eigenvalue weighted by molar-refractivity contribution is 0.0932. The van der Waals surface area contributed by atoms with Gasteiger partial charge >= 0.3 is 0 Å². The van der Waals surface area contributed by atoms with Gasteiger partial charge in [0, 0.05) is 6.04 Å². The molecule has 0 heterocycles. The van der Waals surface area contributed by atoms with Crippen LogP contribution in [0.5, 0.6) is 0 Å². The maximum Gasteiger partial charge on any atom is 0.253 e. The molecule has 0 aromatic rings. The second kappa shape index (κ2) is 5.64. The smallest absolute Gasteiger partial charge is 0.253 e. The Morgan fingerprint density at radius 1 is 1.07 bits per heavy atom. The van der Waals surface area contributed by atoms with Gasteiger partial charge in [0.25, 0.3) is 6.43 Å². The summed E-state index contributed by atoms with van der Waals surface area (Å²) in [5.41, 5.74) is 0. The Morgan fingerprint density at radius 3 is 2.14 bits per heavy atom.